The van der Waals surface area contributed by atoms with Crippen LogP contribution in [0.5, 0.6) is 0 Å². The minimum atomic E-state index is -2.79. The number of benzene rings is 2. The summed E-state index contributed by atoms with van der Waals surface area (Å²) in [5.74, 6) is -1.87. The molecule has 1 unspecified atom stereocenters. The van der Waals surface area contributed by atoms with Crippen molar-refractivity contribution in [2.45, 2.75) is 44.3 Å². The quantitative estimate of drug-likeness (QED) is 0.274. The normalized spacial score (nSPS) is 18.1. The summed E-state index contributed by atoms with van der Waals surface area (Å²) in [5.41, 5.74) is 1.93. The molecule has 2 aliphatic rings. The third-order valence-electron chi connectivity index (χ3n) is 7.18. The number of hydrogen-bond donors (Lipinski definition) is 0. The number of fused-ring (bicyclic) bond motifs is 1. The van der Waals surface area contributed by atoms with E-state index in [1.165, 1.54) is 34.1 Å². The monoisotopic (exact) mass is 557 g/mol. The Labute approximate surface area is 224 Å². The van der Waals surface area contributed by atoms with Crippen molar-refractivity contribution in [3.8, 4) is 0 Å². The number of carbonyl (C=O) groups is 1. The highest BCUT2D eigenvalue weighted by molar-refractivity contribution is 7.10. The standard InChI is InChI=1S/C27H23F4N5O2S/c28-16-4-3-5-17(29)24(16)22-12-19(34-38-22)20-14-39-27(33-20)15-8-10-35(11-9-15)23(37)13-36-21-7-2-1-6-18(21)32-26(36)25(30)31/h1-7,14-15,22,25H,8-13H2. The van der Waals surface area contributed by atoms with Crippen LogP contribution in [-0.2, 0) is 16.2 Å². The molecule has 0 N–H and O–H groups in total. The van der Waals surface area contributed by atoms with Gasteiger partial charge in [0, 0.05) is 30.8 Å². The first-order valence-electron chi connectivity index (χ1n) is 12.5. The van der Waals surface area contributed by atoms with E-state index in [4.69, 9.17) is 9.82 Å². The second-order valence-corrected chi connectivity index (χ2v) is 10.4. The first kappa shape index (κ1) is 25.5. The van der Waals surface area contributed by atoms with Gasteiger partial charge in [0.25, 0.3) is 6.43 Å². The molecule has 2 aliphatic heterocycles. The van der Waals surface area contributed by atoms with Gasteiger partial charge in [0.05, 0.1) is 27.3 Å². The van der Waals surface area contributed by atoms with E-state index in [0.29, 0.717) is 48.4 Å². The Hall–Kier alpha value is -3.80. The van der Waals surface area contributed by atoms with Crippen LogP contribution in [0, 0.1) is 11.6 Å². The molecule has 6 rings (SSSR count). The first-order valence-corrected chi connectivity index (χ1v) is 13.4. The molecule has 0 spiro atoms. The van der Waals surface area contributed by atoms with Crippen LogP contribution in [0.25, 0.3) is 11.0 Å². The summed E-state index contributed by atoms with van der Waals surface area (Å²) >= 11 is 1.47. The van der Waals surface area contributed by atoms with E-state index in [1.807, 2.05) is 5.38 Å². The van der Waals surface area contributed by atoms with Gasteiger partial charge in [-0.1, -0.05) is 23.4 Å². The highest BCUT2D eigenvalue weighted by Gasteiger charge is 2.32. The lowest BCUT2D eigenvalue weighted by Gasteiger charge is -2.31. The van der Waals surface area contributed by atoms with Gasteiger partial charge in [-0.15, -0.1) is 11.3 Å². The number of para-hydroxylation sites is 2. The van der Waals surface area contributed by atoms with E-state index in [-0.39, 0.29) is 30.4 Å². The van der Waals surface area contributed by atoms with Crippen molar-refractivity contribution in [2.75, 3.05) is 13.1 Å². The lowest BCUT2D eigenvalue weighted by atomic mass is 9.97. The SMILES string of the molecule is O=C(Cn1c(C(F)F)nc2ccccc21)N1CCC(c2nc(C3=NOC(c4c(F)cccc4F)C3)cs2)CC1. The third-order valence-corrected chi connectivity index (χ3v) is 8.18. The van der Waals surface area contributed by atoms with Crippen molar-refractivity contribution in [2.24, 2.45) is 5.16 Å². The van der Waals surface area contributed by atoms with E-state index in [1.54, 1.807) is 29.2 Å². The molecule has 4 heterocycles. The maximum atomic E-state index is 14.1. The topological polar surface area (TPSA) is 72.6 Å². The average molecular weight is 558 g/mol. The van der Waals surface area contributed by atoms with Crippen LogP contribution >= 0.6 is 11.3 Å². The number of carbonyl (C=O) groups excluding carboxylic acids is 1. The number of hydrogen-bond acceptors (Lipinski definition) is 6. The summed E-state index contributed by atoms with van der Waals surface area (Å²) in [6.45, 7) is 0.761. The molecule has 0 bridgehead atoms. The van der Waals surface area contributed by atoms with E-state index in [9.17, 15) is 22.4 Å². The summed E-state index contributed by atoms with van der Waals surface area (Å²) < 4.78 is 56.8. The number of rotatable bonds is 6. The number of aromatic nitrogens is 3. The summed E-state index contributed by atoms with van der Waals surface area (Å²) in [5, 5.41) is 6.77. The Morgan fingerprint density at radius 3 is 2.54 bits per heavy atom. The largest absolute Gasteiger partial charge is 0.387 e. The van der Waals surface area contributed by atoms with Gasteiger partial charge >= 0.3 is 0 Å². The lowest BCUT2D eigenvalue weighted by Crippen LogP contribution is -2.40. The smallest absolute Gasteiger partial charge is 0.295 e. The fourth-order valence-electron chi connectivity index (χ4n) is 5.15. The number of thiazole rings is 1. The summed E-state index contributed by atoms with van der Waals surface area (Å²) in [6.07, 6.45) is -2.07. The molecule has 0 radical (unpaired) electrons. The minimum absolute atomic E-state index is 0.126. The Bertz CT molecular complexity index is 1540. The molecule has 1 atom stereocenters. The Kier molecular flexibility index (Phi) is 6.79. The van der Waals surface area contributed by atoms with Gasteiger partial charge in [0.1, 0.15) is 23.9 Å². The summed E-state index contributed by atoms with van der Waals surface area (Å²) in [6, 6.07) is 10.5. The molecular weight excluding hydrogens is 534 g/mol. The zero-order valence-corrected chi connectivity index (χ0v) is 21.4. The van der Waals surface area contributed by atoms with Crippen LogP contribution in [0.2, 0.25) is 0 Å². The number of likely N-dealkylation sites (tertiary alicyclic amines) is 1. The van der Waals surface area contributed by atoms with Crippen LogP contribution < -0.4 is 0 Å². The molecule has 2 aromatic heterocycles. The van der Waals surface area contributed by atoms with Gasteiger partial charge in [-0.3, -0.25) is 4.79 Å². The predicted molar refractivity (Wildman–Crippen MR) is 137 cm³/mol. The van der Waals surface area contributed by atoms with Crippen LogP contribution in [-0.4, -0.2) is 44.1 Å². The van der Waals surface area contributed by atoms with Gasteiger partial charge in [-0.05, 0) is 37.1 Å². The van der Waals surface area contributed by atoms with Gasteiger partial charge in [-0.25, -0.2) is 27.5 Å². The molecule has 4 aromatic rings. The van der Waals surface area contributed by atoms with Gasteiger partial charge in [-0.2, -0.15) is 0 Å². The van der Waals surface area contributed by atoms with Gasteiger partial charge in [0.15, 0.2) is 11.9 Å². The Morgan fingerprint density at radius 1 is 1.05 bits per heavy atom. The number of oxime groups is 1. The molecule has 2 aromatic carbocycles. The van der Waals surface area contributed by atoms with Crippen molar-refractivity contribution >= 4 is 34.0 Å². The minimum Gasteiger partial charge on any atom is -0.387 e. The second-order valence-electron chi connectivity index (χ2n) is 9.54. The molecule has 7 nitrogen and oxygen atoms in total. The van der Waals surface area contributed by atoms with Crippen LogP contribution in [0.1, 0.15) is 59.8 Å². The number of imidazole rings is 1. The van der Waals surface area contributed by atoms with Crippen molar-refractivity contribution in [3.63, 3.8) is 0 Å². The Balaban J connectivity index is 1.08. The molecule has 202 valence electrons. The fraction of sp³-hybridized carbons (Fsp3) is 0.333. The fourth-order valence-corrected chi connectivity index (χ4v) is 6.15. The van der Waals surface area contributed by atoms with Crippen molar-refractivity contribution < 1.29 is 27.2 Å². The molecule has 12 heteroatoms. The number of alkyl halides is 2. The third kappa shape index (κ3) is 4.88. The molecule has 0 saturated carbocycles. The number of amides is 1. The Morgan fingerprint density at radius 2 is 1.79 bits per heavy atom. The van der Waals surface area contributed by atoms with Crippen molar-refractivity contribution in [3.05, 3.63) is 81.6 Å². The predicted octanol–water partition coefficient (Wildman–Crippen LogP) is 5.98. The maximum Gasteiger partial charge on any atom is 0.295 e. The molecule has 1 amide bonds. The van der Waals surface area contributed by atoms with Crippen molar-refractivity contribution in [1.82, 2.24) is 19.4 Å². The van der Waals surface area contributed by atoms with Crippen LogP contribution in [0.4, 0.5) is 17.6 Å². The highest BCUT2D eigenvalue weighted by atomic mass is 32.1. The first-order chi connectivity index (χ1) is 18.9. The molecule has 39 heavy (non-hydrogen) atoms. The van der Waals surface area contributed by atoms with E-state index in [0.717, 1.165) is 5.01 Å². The molecule has 1 saturated heterocycles. The number of piperidine rings is 1. The zero-order valence-electron chi connectivity index (χ0n) is 20.6. The molecule has 0 aliphatic carbocycles. The second kappa shape index (κ2) is 10.4. The summed E-state index contributed by atoms with van der Waals surface area (Å²) in [7, 11) is 0. The van der Waals surface area contributed by atoms with Gasteiger partial charge < -0.3 is 14.3 Å². The van der Waals surface area contributed by atoms with Gasteiger partial charge in [0.2, 0.25) is 5.91 Å². The number of nitrogens with zero attached hydrogens (tertiary/aromatic N) is 5. The van der Waals surface area contributed by atoms with E-state index >= 15 is 0 Å². The van der Waals surface area contributed by atoms with E-state index in [2.05, 4.69) is 10.1 Å². The zero-order chi connectivity index (χ0) is 27.1. The van der Waals surface area contributed by atoms with Crippen LogP contribution in [0.3, 0.4) is 0 Å². The maximum absolute atomic E-state index is 14.1. The highest BCUT2D eigenvalue weighted by Crippen LogP contribution is 2.35. The molecular formula is C27H23F4N5O2S. The average Bonchev–Trinajstić information content (AvgIpc) is 3.68. The number of halogens is 4. The van der Waals surface area contributed by atoms with Crippen molar-refractivity contribution in [1.29, 1.82) is 0 Å². The summed E-state index contributed by atoms with van der Waals surface area (Å²) in [4.78, 5) is 28.8. The van der Waals surface area contributed by atoms with Crippen LogP contribution in [0.15, 0.2) is 53.0 Å². The van der Waals surface area contributed by atoms with E-state index < -0.39 is 30.0 Å². The lowest BCUT2D eigenvalue weighted by molar-refractivity contribution is -0.132. The molecule has 1 fully saturated rings.